The van der Waals surface area contributed by atoms with Crippen molar-refractivity contribution >= 4 is 15.2 Å². The Bertz CT molecular complexity index is 918. The molecule has 14 heteroatoms. The lowest BCUT2D eigenvalue weighted by molar-refractivity contribution is -0.0570. The van der Waals surface area contributed by atoms with E-state index in [1.165, 1.54) is 13.3 Å². The zero-order valence-electron chi connectivity index (χ0n) is 16.4. The normalized spacial score (nSPS) is 33.5. The number of nitrogens with zero attached hydrogens (tertiary/aromatic N) is 1. The second-order valence-corrected chi connectivity index (χ2v) is 10.3. The molecule has 1 aromatic rings. The third-order valence-electron chi connectivity index (χ3n) is 4.60. The van der Waals surface area contributed by atoms with Crippen LogP contribution in [0.2, 0.25) is 0 Å². The predicted molar refractivity (Wildman–Crippen MR) is 102 cm³/mol. The predicted octanol–water partition coefficient (Wildman–Crippen LogP) is 0.242. The summed E-state index contributed by atoms with van der Waals surface area (Å²) < 4.78 is 40.7. The molecule has 0 aromatic carbocycles. The number of nitrogens with one attached hydrogen (secondary N) is 1. The van der Waals surface area contributed by atoms with E-state index >= 15 is 0 Å². The molecule has 2 heterocycles. The average Bonchev–Trinajstić information content (AvgIpc) is 3.33. The number of aromatic amines is 1. The zero-order valence-corrected chi connectivity index (χ0v) is 18.2. The van der Waals surface area contributed by atoms with E-state index < -0.39 is 62.6 Å². The van der Waals surface area contributed by atoms with Gasteiger partial charge in [0.25, 0.3) is 5.56 Å². The van der Waals surface area contributed by atoms with E-state index in [0.29, 0.717) is 0 Å². The summed E-state index contributed by atoms with van der Waals surface area (Å²) in [6.07, 6.45) is -2.98. The summed E-state index contributed by atoms with van der Waals surface area (Å²) in [5.41, 5.74) is -2.38. The molecule has 1 aliphatic carbocycles. The van der Waals surface area contributed by atoms with Crippen molar-refractivity contribution in [3.8, 4) is 0 Å². The lowest BCUT2D eigenvalue weighted by Crippen LogP contribution is -2.39. The quantitative estimate of drug-likeness (QED) is 0.434. The Morgan fingerprint density at radius 2 is 1.83 bits per heavy atom. The van der Waals surface area contributed by atoms with Crippen molar-refractivity contribution in [3.63, 3.8) is 0 Å². The third-order valence-corrected chi connectivity index (χ3v) is 6.69. The second kappa shape index (κ2) is 8.95. The SMILES string of the molecule is CC.COC1C(OP(C)(=O)O)C(C2CC2P(=O)(O)O)OC1n1ccc(=O)[nH]c1=O. The third kappa shape index (κ3) is 5.53. The summed E-state index contributed by atoms with van der Waals surface area (Å²) in [5, 5.41) is 0. The first-order chi connectivity index (χ1) is 13.4. The molecule has 166 valence electrons. The molecule has 1 aromatic heterocycles. The van der Waals surface area contributed by atoms with Crippen LogP contribution in [-0.2, 0) is 23.1 Å². The van der Waals surface area contributed by atoms with Crippen LogP contribution in [0.25, 0.3) is 0 Å². The summed E-state index contributed by atoms with van der Waals surface area (Å²) in [6.45, 7) is 4.96. The molecule has 0 amide bonds. The van der Waals surface area contributed by atoms with Crippen LogP contribution in [0.5, 0.6) is 0 Å². The van der Waals surface area contributed by atoms with Crippen LogP contribution in [0.1, 0.15) is 26.5 Å². The van der Waals surface area contributed by atoms with Gasteiger partial charge in [0.1, 0.15) is 12.2 Å². The summed E-state index contributed by atoms with van der Waals surface area (Å²) in [4.78, 5) is 53.8. The van der Waals surface area contributed by atoms with Crippen LogP contribution in [-0.4, -0.2) is 62.0 Å². The Kier molecular flexibility index (Phi) is 7.46. The fraction of sp³-hybridized carbons (Fsp3) is 0.733. The first-order valence-corrected chi connectivity index (χ1v) is 12.7. The van der Waals surface area contributed by atoms with Gasteiger partial charge in [-0.05, 0) is 6.42 Å². The molecule has 1 saturated carbocycles. The standard InChI is InChI=1S/C13H20N2O10P2.C2H6/c1-23-11-10(25-26(2,18)19)9(6-5-7(6)27(20,21)22)24-12(11)15-4-3-8(16)14-13(15)17;1-2/h3-4,6-7,9-12H,5H2,1-2H3,(H,18,19)(H,14,16,17)(H2,20,21,22);1-2H3. The van der Waals surface area contributed by atoms with Crippen LogP contribution in [0.4, 0.5) is 0 Å². The van der Waals surface area contributed by atoms with E-state index in [1.807, 2.05) is 13.8 Å². The molecule has 1 saturated heterocycles. The van der Waals surface area contributed by atoms with Crippen molar-refractivity contribution in [2.45, 2.75) is 50.5 Å². The minimum absolute atomic E-state index is 0.137. The topological polar surface area (TPSA) is 177 Å². The molecule has 1 aliphatic heterocycles. The fourth-order valence-electron chi connectivity index (χ4n) is 3.40. The highest BCUT2D eigenvalue weighted by Crippen LogP contribution is 2.62. The van der Waals surface area contributed by atoms with Crippen molar-refractivity contribution in [1.82, 2.24) is 9.55 Å². The first kappa shape index (κ1) is 24.2. The number of hydrogen-bond donors (Lipinski definition) is 4. The Hall–Kier alpha value is -1.10. The molecular weight excluding hydrogens is 430 g/mol. The van der Waals surface area contributed by atoms with Crippen molar-refractivity contribution in [2.75, 3.05) is 13.8 Å². The Morgan fingerprint density at radius 3 is 2.28 bits per heavy atom. The van der Waals surface area contributed by atoms with Gasteiger partial charge in [0.15, 0.2) is 6.23 Å². The summed E-state index contributed by atoms with van der Waals surface area (Å²) in [6, 6.07) is 1.09. The van der Waals surface area contributed by atoms with Gasteiger partial charge in [-0.15, -0.1) is 0 Å². The highest BCUT2D eigenvalue weighted by molar-refractivity contribution is 7.53. The zero-order chi connectivity index (χ0) is 22.1. The molecule has 0 radical (unpaired) electrons. The van der Waals surface area contributed by atoms with E-state index in [0.717, 1.165) is 17.3 Å². The Morgan fingerprint density at radius 1 is 1.21 bits per heavy atom. The number of ether oxygens (including phenoxy) is 2. The van der Waals surface area contributed by atoms with Gasteiger partial charge < -0.3 is 24.2 Å². The van der Waals surface area contributed by atoms with Crippen LogP contribution < -0.4 is 11.2 Å². The summed E-state index contributed by atoms with van der Waals surface area (Å²) in [7, 11) is -7.11. The molecule has 29 heavy (non-hydrogen) atoms. The largest absolute Gasteiger partial charge is 0.374 e. The highest BCUT2D eigenvalue weighted by atomic mass is 31.2. The van der Waals surface area contributed by atoms with Gasteiger partial charge in [-0.3, -0.25) is 28.0 Å². The molecule has 12 nitrogen and oxygen atoms in total. The van der Waals surface area contributed by atoms with Crippen molar-refractivity contribution in [2.24, 2.45) is 5.92 Å². The van der Waals surface area contributed by atoms with Crippen molar-refractivity contribution in [3.05, 3.63) is 33.1 Å². The summed E-state index contributed by atoms with van der Waals surface area (Å²) >= 11 is 0. The molecular formula is C15H26N2O10P2. The van der Waals surface area contributed by atoms with Crippen molar-refractivity contribution < 1.29 is 37.8 Å². The van der Waals surface area contributed by atoms with Gasteiger partial charge in [-0.25, -0.2) is 4.79 Å². The smallest absolute Gasteiger partial charge is 0.330 e. The van der Waals surface area contributed by atoms with Gasteiger partial charge in [-0.2, -0.15) is 0 Å². The van der Waals surface area contributed by atoms with Crippen LogP contribution in [0, 0.1) is 5.92 Å². The Labute approximate surface area is 166 Å². The minimum Gasteiger partial charge on any atom is -0.374 e. The molecule has 7 unspecified atom stereocenters. The van der Waals surface area contributed by atoms with Crippen LogP contribution >= 0.6 is 15.2 Å². The fourth-order valence-corrected chi connectivity index (χ4v) is 5.28. The molecule has 0 spiro atoms. The second-order valence-electron chi connectivity index (χ2n) is 6.64. The number of rotatable bonds is 6. The van der Waals surface area contributed by atoms with E-state index in [1.54, 1.807) is 0 Å². The Balaban J connectivity index is 0.00000145. The van der Waals surface area contributed by atoms with Crippen LogP contribution in [0.3, 0.4) is 0 Å². The number of hydrogen-bond acceptors (Lipinski definition) is 7. The van der Waals surface area contributed by atoms with E-state index in [9.17, 15) is 33.4 Å². The van der Waals surface area contributed by atoms with E-state index in [2.05, 4.69) is 4.98 Å². The molecule has 7 atom stereocenters. The lowest BCUT2D eigenvalue weighted by Gasteiger charge is -2.24. The molecule has 4 N–H and O–H groups in total. The highest BCUT2D eigenvalue weighted by Gasteiger charge is 2.61. The number of H-pyrrole nitrogens is 1. The van der Waals surface area contributed by atoms with E-state index in [-0.39, 0.29) is 6.42 Å². The molecule has 3 rings (SSSR count). The van der Waals surface area contributed by atoms with Crippen LogP contribution in [0.15, 0.2) is 21.9 Å². The summed E-state index contributed by atoms with van der Waals surface area (Å²) in [5.74, 6) is -0.636. The van der Waals surface area contributed by atoms with Gasteiger partial charge >= 0.3 is 20.9 Å². The van der Waals surface area contributed by atoms with Gasteiger partial charge in [0.05, 0.1) is 11.8 Å². The molecule has 2 fully saturated rings. The van der Waals surface area contributed by atoms with Crippen molar-refractivity contribution in [1.29, 1.82) is 0 Å². The molecule has 0 bridgehead atoms. The van der Waals surface area contributed by atoms with E-state index in [4.69, 9.17) is 14.0 Å². The average molecular weight is 456 g/mol. The maximum Gasteiger partial charge on any atom is 0.330 e. The monoisotopic (exact) mass is 456 g/mol. The number of methoxy groups -OCH3 is 1. The minimum atomic E-state index is -4.37. The lowest BCUT2D eigenvalue weighted by atomic mass is 10.1. The van der Waals surface area contributed by atoms with Gasteiger partial charge in [-0.1, -0.05) is 13.8 Å². The number of aromatic nitrogens is 2. The maximum absolute atomic E-state index is 12.1. The van der Waals surface area contributed by atoms with Gasteiger partial charge in [0, 0.05) is 32.0 Å². The maximum atomic E-state index is 12.1. The first-order valence-electron chi connectivity index (χ1n) is 8.96. The van der Waals surface area contributed by atoms with Gasteiger partial charge in [0.2, 0.25) is 0 Å². The molecule has 2 aliphatic rings.